The summed E-state index contributed by atoms with van der Waals surface area (Å²) in [6.45, 7) is 2.21. The van der Waals surface area contributed by atoms with Crippen molar-refractivity contribution in [3.63, 3.8) is 0 Å². The van der Waals surface area contributed by atoms with Crippen LogP contribution in [0.15, 0.2) is 18.2 Å². The summed E-state index contributed by atoms with van der Waals surface area (Å²) in [7, 11) is 0. The largest absolute Gasteiger partial charge is 0.205 e. The van der Waals surface area contributed by atoms with Crippen molar-refractivity contribution in [2.24, 2.45) is 0 Å². The minimum absolute atomic E-state index is 0.241. The molecule has 0 atom stereocenters. The second-order valence-electron chi connectivity index (χ2n) is 4.04. The van der Waals surface area contributed by atoms with E-state index >= 15 is 0 Å². The third kappa shape index (κ3) is 1.46. The molecule has 0 aromatic heterocycles. The van der Waals surface area contributed by atoms with Gasteiger partial charge in [0.25, 0.3) is 0 Å². The topological polar surface area (TPSA) is 0 Å². The third-order valence-electron chi connectivity index (χ3n) is 3.07. The van der Waals surface area contributed by atoms with Crippen molar-refractivity contribution in [1.82, 2.24) is 0 Å². The smallest absolute Gasteiger partial charge is 0.141 e. The highest BCUT2D eigenvalue weighted by Crippen LogP contribution is 2.43. The predicted molar refractivity (Wildman–Crippen MR) is 52.6 cm³/mol. The molecule has 0 heterocycles. The minimum atomic E-state index is -0.326. The van der Waals surface area contributed by atoms with Crippen LogP contribution in [-0.2, 0) is 5.41 Å². The molecule has 70 valence electrons. The highest BCUT2D eigenvalue weighted by Gasteiger charge is 2.33. The average Bonchev–Trinajstić information content (AvgIpc) is 2.06. The summed E-state index contributed by atoms with van der Waals surface area (Å²) in [6, 6.07) is 5.07. The average molecular weight is 199 g/mol. The van der Waals surface area contributed by atoms with Crippen LogP contribution in [0.3, 0.4) is 0 Å². The predicted octanol–water partition coefficient (Wildman–Crippen LogP) is 3.92. The summed E-state index contributed by atoms with van der Waals surface area (Å²) in [5.74, 6) is -0.326. The van der Waals surface area contributed by atoms with E-state index in [0.29, 0.717) is 0 Å². The molecule has 2 rings (SSSR count). The molecule has 0 unspecified atom stereocenters. The summed E-state index contributed by atoms with van der Waals surface area (Å²) in [6.07, 6.45) is 3.65. The molecule has 0 saturated heterocycles. The van der Waals surface area contributed by atoms with Crippen molar-refractivity contribution in [1.29, 1.82) is 0 Å². The maximum atomic E-state index is 12.9. The normalized spacial score (nSPS) is 19.6. The molecular formula is C11H12ClF. The maximum absolute atomic E-state index is 12.9. The van der Waals surface area contributed by atoms with Crippen LogP contribution < -0.4 is 0 Å². The van der Waals surface area contributed by atoms with Gasteiger partial charge in [-0.3, -0.25) is 0 Å². The highest BCUT2D eigenvalue weighted by atomic mass is 35.5. The molecule has 1 aromatic rings. The molecule has 13 heavy (non-hydrogen) atoms. The van der Waals surface area contributed by atoms with Gasteiger partial charge in [-0.1, -0.05) is 31.0 Å². The van der Waals surface area contributed by atoms with Crippen LogP contribution in [0.1, 0.15) is 31.7 Å². The Labute approximate surface area is 82.7 Å². The summed E-state index contributed by atoms with van der Waals surface area (Å²) in [5.41, 5.74) is 1.42. The molecule has 0 nitrogen and oxygen atoms in total. The number of halogens is 2. The SMILES string of the molecule is CC1(c2ccc(F)c(Cl)c2)CCC1. The molecule has 0 N–H and O–H groups in total. The maximum Gasteiger partial charge on any atom is 0.141 e. The van der Waals surface area contributed by atoms with Gasteiger partial charge >= 0.3 is 0 Å². The van der Waals surface area contributed by atoms with Crippen LogP contribution in [0, 0.1) is 5.82 Å². The summed E-state index contributed by atoms with van der Waals surface area (Å²) in [4.78, 5) is 0. The van der Waals surface area contributed by atoms with Gasteiger partial charge in [0.2, 0.25) is 0 Å². The van der Waals surface area contributed by atoms with Crippen LogP contribution in [-0.4, -0.2) is 0 Å². The van der Waals surface area contributed by atoms with Gasteiger partial charge < -0.3 is 0 Å². The van der Waals surface area contributed by atoms with Crippen molar-refractivity contribution in [2.45, 2.75) is 31.6 Å². The first kappa shape index (κ1) is 9.01. The number of rotatable bonds is 1. The van der Waals surface area contributed by atoms with E-state index < -0.39 is 0 Å². The molecule has 1 saturated carbocycles. The Morgan fingerprint density at radius 3 is 2.54 bits per heavy atom. The fourth-order valence-corrected chi connectivity index (χ4v) is 2.05. The molecule has 0 aliphatic heterocycles. The van der Waals surface area contributed by atoms with Crippen molar-refractivity contribution in [3.05, 3.63) is 34.6 Å². The quantitative estimate of drug-likeness (QED) is 0.642. The first-order valence-electron chi connectivity index (χ1n) is 4.57. The second-order valence-corrected chi connectivity index (χ2v) is 4.45. The van der Waals surface area contributed by atoms with Crippen molar-refractivity contribution < 1.29 is 4.39 Å². The Kier molecular flexibility index (Phi) is 2.07. The van der Waals surface area contributed by atoms with Gasteiger partial charge in [-0.05, 0) is 36.0 Å². The molecule has 2 heteroatoms. The zero-order valence-corrected chi connectivity index (χ0v) is 8.37. The van der Waals surface area contributed by atoms with Crippen LogP contribution >= 0.6 is 11.6 Å². The molecule has 1 fully saturated rings. The monoisotopic (exact) mass is 198 g/mol. The van der Waals surface area contributed by atoms with E-state index in [1.54, 1.807) is 6.07 Å². The zero-order chi connectivity index (χ0) is 9.47. The number of hydrogen-bond acceptors (Lipinski definition) is 0. The minimum Gasteiger partial charge on any atom is -0.205 e. The highest BCUT2D eigenvalue weighted by molar-refractivity contribution is 6.30. The summed E-state index contributed by atoms with van der Waals surface area (Å²) < 4.78 is 12.9. The van der Waals surface area contributed by atoms with Crippen LogP contribution in [0.4, 0.5) is 4.39 Å². The molecule has 1 aromatic carbocycles. The van der Waals surface area contributed by atoms with Crippen LogP contribution in [0.5, 0.6) is 0 Å². The van der Waals surface area contributed by atoms with Crippen molar-refractivity contribution >= 4 is 11.6 Å². The Hall–Kier alpha value is -0.560. The van der Waals surface area contributed by atoms with Crippen molar-refractivity contribution in [3.8, 4) is 0 Å². The van der Waals surface area contributed by atoms with E-state index in [2.05, 4.69) is 6.92 Å². The van der Waals surface area contributed by atoms with Gasteiger partial charge in [-0.2, -0.15) is 0 Å². The lowest BCUT2D eigenvalue weighted by atomic mass is 9.66. The van der Waals surface area contributed by atoms with E-state index in [0.717, 1.165) is 0 Å². The van der Waals surface area contributed by atoms with E-state index in [1.807, 2.05) is 6.07 Å². The van der Waals surface area contributed by atoms with Gasteiger partial charge in [-0.25, -0.2) is 4.39 Å². The van der Waals surface area contributed by atoms with Crippen LogP contribution in [0.2, 0.25) is 5.02 Å². The molecule has 0 radical (unpaired) electrons. The molecule has 0 bridgehead atoms. The Morgan fingerprint density at radius 1 is 1.38 bits per heavy atom. The van der Waals surface area contributed by atoms with Gasteiger partial charge in [0.1, 0.15) is 5.82 Å². The first-order valence-corrected chi connectivity index (χ1v) is 4.95. The molecule has 1 aliphatic rings. The fourth-order valence-electron chi connectivity index (χ4n) is 1.87. The van der Waals surface area contributed by atoms with E-state index in [4.69, 9.17) is 11.6 Å². The van der Waals surface area contributed by atoms with Gasteiger partial charge in [0.15, 0.2) is 0 Å². The zero-order valence-electron chi connectivity index (χ0n) is 7.61. The van der Waals surface area contributed by atoms with Crippen molar-refractivity contribution in [2.75, 3.05) is 0 Å². The summed E-state index contributed by atoms with van der Waals surface area (Å²) in [5, 5.41) is 0.241. The Bertz CT molecular complexity index is 329. The first-order chi connectivity index (χ1) is 6.12. The molecule has 0 spiro atoms. The van der Waals surface area contributed by atoms with E-state index in [1.165, 1.54) is 30.9 Å². The lowest BCUT2D eigenvalue weighted by Gasteiger charge is -2.39. The van der Waals surface area contributed by atoms with Gasteiger partial charge in [0, 0.05) is 0 Å². The fraction of sp³-hybridized carbons (Fsp3) is 0.455. The molecule has 0 amide bonds. The van der Waals surface area contributed by atoms with Crippen LogP contribution in [0.25, 0.3) is 0 Å². The second kappa shape index (κ2) is 2.98. The Balaban J connectivity index is 2.36. The molecular weight excluding hydrogens is 187 g/mol. The standard InChI is InChI=1S/C11H12ClF/c1-11(5-2-6-11)8-3-4-10(13)9(12)7-8/h3-4,7H,2,5-6H2,1H3. The summed E-state index contributed by atoms with van der Waals surface area (Å²) >= 11 is 5.73. The van der Waals surface area contributed by atoms with E-state index in [9.17, 15) is 4.39 Å². The number of hydrogen-bond donors (Lipinski definition) is 0. The number of benzene rings is 1. The van der Waals surface area contributed by atoms with Gasteiger partial charge in [-0.15, -0.1) is 0 Å². The van der Waals surface area contributed by atoms with Gasteiger partial charge in [0.05, 0.1) is 5.02 Å². The Morgan fingerprint density at radius 2 is 2.08 bits per heavy atom. The third-order valence-corrected chi connectivity index (χ3v) is 3.36. The lowest BCUT2D eigenvalue weighted by molar-refractivity contribution is 0.272. The van der Waals surface area contributed by atoms with E-state index in [-0.39, 0.29) is 16.3 Å². The lowest BCUT2D eigenvalue weighted by Crippen LogP contribution is -2.30. The molecule has 1 aliphatic carbocycles.